The Morgan fingerprint density at radius 2 is 1.47 bits per heavy atom. The van der Waals surface area contributed by atoms with E-state index in [4.69, 9.17) is 17.2 Å². The largest absolute Gasteiger partial charge is 1.00 e. The molecule has 2 aromatic carbocycles. The van der Waals surface area contributed by atoms with Crippen molar-refractivity contribution >= 4 is 22.6 Å². The van der Waals surface area contributed by atoms with Crippen molar-refractivity contribution in [3.05, 3.63) is 77.5 Å². The second kappa shape index (κ2) is 23.4. The van der Waals surface area contributed by atoms with Gasteiger partial charge in [-0.15, -0.1) is 0 Å². The number of nitrogens with two attached hydrogens (primary N) is 3. The number of Topliss-reactive ketones (excluding diaryl/α,β-unsaturated/α-hetero) is 1. The SMILES string of the molecule is C[N+](CCN)(CCN)CCC[C@H](N)C(=O)N[C@H](CCc1ccc(C(F)(F)F)cc1)C(=O)Cc1cnc2ccccc2c1.[Cl-].[Cl-].[Cl-].[Cl-].[Cl-]. The number of aromatic nitrogens is 1. The summed E-state index contributed by atoms with van der Waals surface area (Å²) in [5.41, 5.74) is 19.1. The van der Waals surface area contributed by atoms with E-state index in [1.54, 1.807) is 6.20 Å². The molecule has 0 fully saturated rings. The number of halogens is 8. The minimum atomic E-state index is -4.43. The maximum atomic E-state index is 13.4. The molecule has 0 unspecified atom stereocenters. The van der Waals surface area contributed by atoms with Gasteiger partial charge in [0, 0.05) is 31.1 Å². The lowest BCUT2D eigenvalue weighted by molar-refractivity contribution is -0.907. The van der Waals surface area contributed by atoms with Crippen LogP contribution in [-0.2, 0) is 28.6 Å². The number of alkyl halides is 3. The summed E-state index contributed by atoms with van der Waals surface area (Å²) >= 11 is 0. The monoisotopic (exact) mass is 762 g/mol. The Balaban J connectivity index is -0.00000387. The topological polar surface area (TPSA) is 137 Å². The van der Waals surface area contributed by atoms with Crippen molar-refractivity contribution in [1.29, 1.82) is 0 Å². The van der Waals surface area contributed by atoms with E-state index in [-0.39, 0.29) is 80.7 Å². The number of likely N-dealkylation sites (N-methyl/N-ethyl adjacent to an activating group) is 1. The molecule has 0 aliphatic heterocycles. The molecule has 0 aliphatic carbocycles. The van der Waals surface area contributed by atoms with Gasteiger partial charge >= 0.3 is 6.18 Å². The molecule has 0 spiro atoms. The van der Waals surface area contributed by atoms with Gasteiger partial charge in [-0.3, -0.25) is 14.6 Å². The first-order valence-electron chi connectivity index (χ1n) is 14.3. The normalized spacial score (nSPS) is 12.1. The van der Waals surface area contributed by atoms with Gasteiger partial charge in [0.2, 0.25) is 5.91 Å². The van der Waals surface area contributed by atoms with Gasteiger partial charge in [-0.05, 0) is 61.1 Å². The van der Waals surface area contributed by atoms with Gasteiger partial charge in [0.1, 0.15) is 0 Å². The van der Waals surface area contributed by atoms with Crippen molar-refractivity contribution in [2.45, 2.75) is 50.4 Å². The van der Waals surface area contributed by atoms with Crippen LogP contribution in [0.25, 0.3) is 10.9 Å². The van der Waals surface area contributed by atoms with Crippen LogP contribution in [0.15, 0.2) is 60.8 Å². The predicted molar refractivity (Wildman–Crippen MR) is 158 cm³/mol. The highest BCUT2D eigenvalue weighted by Crippen LogP contribution is 2.29. The van der Waals surface area contributed by atoms with Crippen LogP contribution in [-0.4, -0.2) is 73.0 Å². The summed E-state index contributed by atoms with van der Waals surface area (Å²) in [5.74, 6) is -0.668. The number of hydrogen-bond donors (Lipinski definition) is 4. The summed E-state index contributed by atoms with van der Waals surface area (Å²) in [4.78, 5) is 30.9. The molecule has 268 valence electrons. The highest BCUT2D eigenvalue weighted by molar-refractivity contribution is 5.92. The van der Waals surface area contributed by atoms with E-state index in [1.165, 1.54) is 12.1 Å². The number of fused-ring (bicyclic) bond motifs is 1. The van der Waals surface area contributed by atoms with Crippen LogP contribution in [0.1, 0.15) is 36.0 Å². The number of ketones is 1. The average molecular weight is 765 g/mol. The van der Waals surface area contributed by atoms with Gasteiger partial charge in [-0.1, -0.05) is 30.3 Å². The lowest BCUT2D eigenvalue weighted by Crippen LogP contribution is -3.00. The zero-order chi connectivity index (χ0) is 30.8. The maximum Gasteiger partial charge on any atom is 0.416 e. The molecule has 1 aromatic heterocycles. The number of rotatable bonds is 16. The fourth-order valence-corrected chi connectivity index (χ4v) is 5.08. The Morgan fingerprint density at radius 1 is 0.872 bits per heavy atom. The van der Waals surface area contributed by atoms with Crippen molar-refractivity contribution < 1.29 is 89.3 Å². The molecule has 3 rings (SSSR count). The van der Waals surface area contributed by atoms with Crippen LogP contribution in [0, 0.1) is 0 Å². The first-order valence-corrected chi connectivity index (χ1v) is 14.3. The quantitative estimate of drug-likeness (QED) is 0.107. The van der Waals surface area contributed by atoms with Gasteiger partial charge in [-0.25, -0.2) is 0 Å². The van der Waals surface area contributed by atoms with Crippen molar-refractivity contribution in [2.24, 2.45) is 17.2 Å². The van der Waals surface area contributed by atoms with E-state index < -0.39 is 29.7 Å². The van der Waals surface area contributed by atoms with Crippen LogP contribution < -0.4 is 84.6 Å². The lowest BCUT2D eigenvalue weighted by atomic mass is 9.97. The van der Waals surface area contributed by atoms with Crippen molar-refractivity contribution in [3.8, 4) is 0 Å². The Bertz CT molecular complexity index is 1330. The molecule has 1 amide bonds. The van der Waals surface area contributed by atoms with Gasteiger partial charge in [-0.2, -0.15) is 13.2 Å². The summed E-state index contributed by atoms with van der Waals surface area (Å²) in [6, 6.07) is 12.6. The van der Waals surface area contributed by atoms with E-state index >= 15 is 0 Å². The first kappa shape index (κ1) is 49.5. The molecule has 47 heavy (non-hydrogen) atoms. The van der Waals surface area contributed by atoms with Gasteiger partial charge < -0.3 is 89.0 Å². The molecular formula is C31H42Cl5F3N6O2-4. The van der Waals surface area contributed by atoms with E-state index in [1.807, 2.05) is 30.3 Å². The van der Waals surface area contributed by atoms with E-state index in [9.17, 15) is 22.8 Å². The number of hydrogen-bond acceptors (Lipinski definition) is 6. The number of amides is 1. The Labute approximate surface area is 305 Å². The van der Waals surface area contributed by atoms with E-state index in [0.29, 0.717) is 48.0 Å². The van der Waals surface area contributed by atoms with Crippen molar-refractivity contribution in [2.75, 3.05) is 39.8 Å². The molecule has 1 heterocycles. The van der Waals surface area contributed by atoms with Crippen LogP contribution >= 0.6 is 0 Å². The van der Waals surface area contributed by atoms with Gasteiger partial charge in [0.15, 0.2) is 5.78 Å². The van der Waals surface area contributed by atoms with Gasteiger partial charge in [0.05, 0.1) is 49.8 Å². The molecule has 8 nitrogen and oxygen atoms in total. The lowest BCUT2D eigenvalue weighted by Gasteiger charge is -2.34. The highest BCUT2D eigenvalue weighted by Gasteiger charge is 2.30. The number of quaternary nitrogens is 1. The number of pyridine rings is 1. The van der Waals surface area contributed by atoms with Gasteiger partial charge in [0.25, 0.3) is 0 Å². The second-order valence-corrected chi connectivity index (χ2v) is 11.1. The van der Waals surface area contributed by atoms with Crippen LogP contribution in [0.3, 0.4) is 0 Å². The number of benzene rings is 2. The summed E-state index contributed by atoms with van der Waals surface area (Å²) < 4.78 is 39.6. The van der Waals surface area contributed by atoms with E-state index in [2.05, 4.69) is 17.3 Å². The summed E-state index contributed by atoms with van der Waals surface area (Å²) in [6.45, 7) is 3.35. The molecule has 7 N–H and O–H groups in total. The fourth-order valence-electron chi connectivity index (χ4n) is 5.08. The first-order chi connectivity index (χ1) is 19.9. The van der Waals surface area contributed by atoms with Crippen molar-refractivity contribution in [1.82, 2.24) is 10.3 Å². The average Bonchev–Trinajstić information content (AvgIpc) is 2.95. The standard InChI is InChI=1S/C31H41F3N6O2.5ClH/c1-40(17-14-35,18-15-36)16-4-6-26(37)30(42)39-28(13-10-22-8-11-25(12-9-22)31(32,33)34)29(41)20-23-19-24-5-2-3-7-27(24)38-21-23;;;;;/h2-3,5,7-9,11-12,19,21,26,28H,4,6,10,13-18,20,35-37H2,1H3;5*1H/p-4/t26-,28+;;;;;/m0...../s1. The Hall–Kier alpha value is -1.93. The van der Waals surface area contributed by atoms with Crippen LogP contribution in [0.5, 0.6) is 0 Å². The third-order valence-electron chi connectivity index (χ3n) is 7.62. The smallest absolute Gasteiger partial charge is 0.416 e. The molecule has 0 aliphatic rings. The summed E-state index contributed by atoms with van der Waals surface area (Å²) in [5, 5.41) is 3.71. The molecule has 0 saturated carbocycles. The third-order valence-corrected chi connectivity index (χ3v) is 7.62. The zero-order valence-corrected chi connectivity index (χ0v) is 29.7. The summed E-state index contributed by atoms with van der Waals surface area (Å²) in [7, 11) is 2.07. The van der Waals surface area contributed by atoms with Crippen LogP contribution in [0.2, 0.25) is 0 Å². The molecule has 0 saturated heterocycles. The number of nitrogens with zero attached hydrogens (tertiary/aromatic N) is 2. The predicted octanol–water partition coefficient (Wildman–Crippen LogP) is -12.0. The number of para-hydroxylation sites is 1. The number of nitrogens with one attached hydrogen (secondary N) is 1. The fraction of sp³-hybridized carbons (Fsp3) is 0.452. The molecule has 2 atom stereocenters. The minimum absolute atomic E-state index is 0. The maximum absolute atomic E-state index is 13.4. The van der Waals surface area contributed by atoms with E-state index in [0.717, 1.165) is 42.7 Å². The molecule has 0 radical (unpaired) electrons. The Morgan fingerprint density at radius 3 is 2.04 bits per heavy atom. The molecule has 3 aromatic rings. The minimum Gasteiger partial charge on any atom is -1.00 e. The number of carbonyl (C=O) groups excluding carboxylic acids is 2. The highest BCUT2D eigenvalue weighted by atomic mass is 35.5. The van der Waals surface area contributed by atoms with Crippen LogP contribution in [0.4, 0.5) is 13.2 Å². The third kappa shape index (κ3) is 15.9. The second-order valence-electron chi connectivity index (χ2n) is 11.1. The molecule has 16 heteroatoms. The zero-order valence-electron chi connectivity index (χ0n) is 26.0. The van der Waals surface area contributed by atoms with Crippen molar-refractivity contribution in [3.63, 3.8) is 0 Å². The molecule has 0 bridgehead atoms. The summed E-state index contributed by atoms with van der Waals surface area (Å²) in [6.07, 6.45) is -1.14. The Kier molecular flexibility index (Phi) is 24.7. The number of aryl methyl sites for hydroxylation is 1. The number of carbonyl (C=O) groups is 2. The molecular weight excluding hydrogens is 723 g/mol.